The molecule has 0 atom stereocenters. The van der Waals surface area contributed by atoms with E-state index in [0.29, 0.717) is 16.4 Å². The minimum absolute atomic E-state index is 0.206. The summed E-state index contributed by atoms with van der Waals surface area (Å²) in [6.45, 7) is 0. The van der Waals surface area contributed by atoms with Crippen LogP contribution in [0.1, 0.15) is 0 Å². The highest BCUT2D eigenvalue weighted by atomic mass is 35.5. The molecule has 0 aliphatic carbocycles. The zero-order valence-electron chi connectivity index (χ0n) is 9.12. The van der Waals surface area contributed by atoms with Gasteiger partial charge in [-0.1, -0.05) is 11.6 Å². The lowest BCUT2D eigenvalue weighted by molar-refractivity contribution is 0.834. The summed E-state index contributed by atoms with van der Waals surface area (Å²) in [6, 6.07) is 6.95. The van der Waals surface area contributed by atoms with Crippen LogP contribution in [0.4, 0.5) is 0 Å². The Hall–Kier alpha value is -2.34. The van der Waals surface area contributed by atoms with Gasteiger partial charge in [0.1, 0.15) is 12.7 Å². The SMILES string of the molecule is O=c1c(-n2cncn2)c[nH]n1-c1ccc(Cl)cc1. The molecule has 6 nitrogen and oxygen atoms in total. The number of nitrogens with zero attached hydrogens (tertiary/aromatic N) is 4. The fourth-order valence-corrected chi connectivity index (χ4v) is 1.77. The molecule has 1 N–H and O–H groups in total. The molecule has 0 fully saturated rings. The summed E-state index contributed by atoms with van der Waals surface area (Å²) in [5.41, 5.74) is 0.904. The maximum atomic E-state index is 12.2. The maximum Gasteiger partial charge on any atom is 0.297 e. The minimum Gasteiger partial charge on any atom is -0.296 e. The average Bonchev–Trinajstić information content (AvgIpc) is 2.99. The number of hydrogen-bond acceptors (Lipinski definition) is 3. The number of halogens is 1. The van der Waals surface area contributed by atoms with Crippen molar-refractivity contribution in [1.82, 2.24) is 24.5 Å². The lowest BCUT2D eigenvalue weighted by Gasteiger charge is -2.00. The van der Waals surface area contributed by atoms with Crippen LogP contribution >= 0.6 is 11.6 Å². The van der Waals surface area contributed by atoms with E-state index >= 15 is 0 Å². The average molecular weight is 262 g/mol. The molecule has 0 saturated carbocycles. The Labute approximate surface area is 106 Å². The van der Waals surface area contributed by atoms with Gasteiger partial charge in [0.05, 0.1) is 11.9 Å². The van der Waals surface area contributed by atoms with Crippen molar-refractivity contribution in [2.24, 2.45) is 0 Å². The van der Waals surface area contributed by atoms with E-state index in [0.717, 1.165) is 0 Å². The topological polar surface area (TPSA) is 68.5 Å². The van der Waals surface area contributed by atoms with Crippen LogP contribution in [0, 0.1) is 0 Å². The molecule has 0 radical (unpaired) electrons. The van der Waals surface area contributed by atoms with Crippen molar-refractivity contribution >= 4 is 11.6 Å². The molecule has 3 aromatic rings. The lowest BCUT2D eigenvalue weighted by atomic mass is 10.3. The predicted molar refractivity (Wildman–Crippen MR) is 66.3 cm³/mol. The van der Waals surface area contributed by atoms with Crippen molar-refractivity contribution in [3.8, 4) is 11.4 Å². The lowest BCUT2D eigenvalue weighted by Crippen LogP contribution is -2.18. The first kappa shape index (κ1) is 10.8. The Morgan fingerprint density at radius 2 is 2.00 bits per heavy atom. The third kappa shape index (κ3) is 1.72. The number of aromatic amines is 1. The van der Waals surface area contributed by atoms with E-state index in [4.69, 9.17) is 11.6 Å². The summed E-state index contributed by atoms with van der Waals surface area (Å²) < 4.78 is 2.82. The highest BCUT2D eigenvalue weighted by Crippen LogP contribution is 2.11. The van der Waals surface area contributed by atoms with Crippen molar-refractivity contribution in [3.05, 3.63) is 58.5 Å². The molecule has 90 valence electrons. The Balaban J connectivity index is 2.10. The van der Waals surface area contributed by atoms with Crippen LogP contribution in [0.5, 0.6) is 0 Å². The summed E-state index contributed by atoms with van der Waals surface area (Å²) in [7, 11) is 0. The summed E-state index contributed by atoms with van der Waals surface area (Å²) in [6.07, 6.45) is 4.42. The van der Waals surface area contributed by atoms with Gasteiger partial charge >= 0.3 is 0 Å². The number of H-pyrrole nitrogens is 1. The van der Waals surface area contributed by atoms with Gasteiger partial charge in [0.15, 0.2) is 5.69 Å². The molecule has 18 heavy (non-hydrogen) atoms. The molecular formula is C11H8ClN5O. The van der Waals surface area contributed by atoms with Gasteiger partial charge in [0.2, 0.25) is 0 Å². The van der Waals surface area contributed by atoms with E-state index in [1.807, 2.05) is 0 Å². The molecule has 2 heterocycles. The minimum atomic E-state index is -0.206. The van der Waals surface area contributed by atoms with E-state index < -0.39 is 0 Å². The summed E-state index contributed by atoms with van der Waals surface area (Å²) in [4.78, 5) is 16.0. The molecule has 7 heteroatoms. The Morgan fingerprint density at radius 1 is 1.22 bits per heavy atom. The van der Waals surface area contributed by atoms with Gasteiger partial charge in [-0.2, -0.15) is 5.10 Å². The van der Waals surface area contributed by atoms with Crippen LogP contribution in [0.25, 0.3) is 11.4 Å². The first-order valence-electron chi connectivity index (χ1n) is 5.17. The highest BCUT2D eigenvalue weighted by Gasteiger charge is 2.09. The monoisotopic (exact) mass is 261 g/mol. The van der Waals surface area contributed by atoms with Gasteiger partial charge in [-0.15, -0.1) is 0 Å². The van der Waals surface area contributed by atoms with E-state index in [1.54, 1.807) is 30.5 Å². The standard InChI is InChI=1S/C11H8ClN5O/c12-8-1-3-9(4-2-8)17-11(18)10(5-14-17)16-7-13-6-15-16/h1-7,14H. The van der Waals surface area contributed by atoms with Crippen LogP contribution < -0.4 is 5.56 Å². The number of aromatic nitrogens is 5. The van der Waals surface area contributed by atoms with Crippen molar-refractivity contribution in [2.45, 2.75) is 0 Å². The second-order valence-corrected chi connectivity index (χ2v) is 4.05. The Morgan fingerprint density at radius 3 is 2.67 bits per heavy atom. The van der Waals surface area contributed by atoms with Crippen LogP contribution in [-0.2, 0) is 0 Å². The van der Waals surface area contributed by atoms with E-state index in [1.165, 1.54) is 22.0 Å². The van der Waals surface area contributed by atoms with Crippen LogP contribution in [-0.4, -0.2) is 24.5 Å². The van der Waals surface area contributed by atoms with Gasteiger partial charge in [0.25, 0.3) is 5.56 Å². The van der Waals surface area contributed by atoms with Crippen LogP contribution in [0.2, 0.25) is 5.02 Å². The molecule has 0 aliphatic rings. The molecule has 0 saturated heterocycles. The fraction of sp³-hybridized carbons (Fsp3) is 0. The maximum absolute atomic E-state index is 12.2. The van der Waals surface area contributed by atoms with Gasteiger partial charge < -0.3 is 0 Å². The number of benzene rings is 1. The molecular weight excluding hydrogens is 254 g/mol. The number of rotatable bonds is 2. The molecule has 0 bridgehead atoms. The molecule has 2 aromatic heterocycles. The van der Waals surface area contributed by atoms with Crippen molar-refractivity contribution < 1.29 is 0 Å². The second-order valence-electron chi connectivity index (χ2n) is 3.62. The highest BCUT2D eigenvalue weighted by molar-refractivity contribution is 6.30. The zero-order valence-corrected chi connectivity index (χ0v) is 9.87. The predicted octanol–water partition coefficient (Wildman–Crippen LogP) is 1.40. The number of hydrogen-bond donors (Lipinski definition) is 1. The van der Waals surface area contributed by atoms with Crippen molar-refractivity contribution in [3.63, 3.8) is 0 Å². The van der Waals surface area contributed by atoms with E-state index in [-0.39, 0.29) is 5.56 Å². The molecule has 0 unspecified atom stereocenters. The van der Waals surface area contributed by atoms with Crippen molar-refractivity contribution in [1.29, 1.82) is 0 Å². The Bertz CT molecular complexity index is 711. The summed E-state index contributed by atoms with van der Waals surface area (Å²) >= 11 is 5.81. The molecule has 1 aromatic carbocycles. The van der Waals surface area contributed by atoms with Gasteiger partial charge in [-0.25, -0.2) is 14.3 Å². The fourth-order valence-electron chi connectivity index (χ4n) is 1.64. The first-order valence-corrected chi connectivity index (χ1v) is 5.55. The summed E-state index contributed by atoms with van der Waals surface area (Å²) in [5, 5.41) is 7.41. The third-order valence-electron chi connectivity index (χ3n) is 2.50. The van der Waals surface area contributed by atoms with Gasteiger partial charge in [0, 0.05) is 5.02 Å². The van der Waals surface area contributed by atoms with E-state index in [9.17, 15) is 4.79 Å². The summed E-state index contributed by atoms with van der Waals surface area (Å²) in [5.74, 6) is 0. The zero-order chi connectivity index (χ0) is 12.5. The van der Waals surface area contributed by atoms with Crippen LogP contribution in [0.15, 0.2) is 47.9 Å². The molecule has 3 rings (SSSR count). The molecule has 0 aliphatic heterocycles. The molecule has 0 amide bonds. The quantitative estimate of drug-likeness (QED) is 0.758. The molecule has 0 spiro atoms. The smallest absolute Gasteiger partial charge is 0.296 e. The second kappa shape index (κ2) is 4.15. The normalized spacial score (nSPS) is 10.7. The first-order chi connectivity index (χ1) is 8.75. The van der Waals surface area contributed by atoms with Gasteiger partial charge in [-0.05, 0) is 24.3 Å². The van der Waals surface area contributed by atoms with Crippen molar-refractivity contribution in [2.75, 3.05) is 0 Å². The van der Waals surface area contributed by atoms with Gasteiger partial charge in [-0.3, -0.25) is 9.89 Å². The number of nitrogens with one attached hydrogen (secondary N) is 1. The van der Waals surface area contributed by atoms with Crippen LogP contribution in [0.3, 0.4) is 0 Å². The van der Waals surface area contributed by atoms with E-state index in [2.05, 4.69) is 15.2 Å². The third-order valence-corrected chi connectivity index (χ3v) is 2.75. The Kier molecular flexibility index (Phi) is 2.49. The largest absolute Gasteiger partial charge is 0.297 e.